The SMILES string of the molecule is CCOCON1C(=O)C(c2c(C)cccc2C)=C(O)C12CCC(OC)CC2. The van der Waals surface area contributed by atoms with Crippen LogP contribution in [-0.2, 0) is 19.1 Å². The van der Waals surface area contributed by atoms with Gasteiger partial charge in [-0.3, -0.25) is 4.79 Å². The molecule has 148 valence electrons. The van der Waals surface area contributed by atoms with Crippen molar-refractivity contribution < 1.29 is 24.2 Å². The Bertz CT molecular complexity index is 714. The summed E-state index contributed by atoms with van der Waals surface area (Å²) in [5, 5.41) is 12.6. The number of nitrogens with zero attached hydrogens (tertiary/aromatic N) is 1. The summed E-state index contributed by atoms with van der Waals surface area (Å²) in [6.45, 7) is 6.24. The summed E-state index contributed by atoms with van der Waals surface area (Å²) in [7, 11) is 1.70. The largest absolute Gasteiger partial charge is 0.509 e. The molecule has 0 radical (unpaired) electrons. The smallest absolute Gasteiger partial charge is 0.282 e. The van der Waals surface area contributed by atoms with Crippen LogP contribution in [0.15, 0.2) is 24.0 Å². The Labute approximate surface area is 160 Å². The molecule has 0 aromatic heterocycles. The van der Waals surface area contributed by atoms with E-state index in [1.807, 2.05) is 39.0 Å². The molecule has 1 spiro atoms. The minimum absolute atomic E-state index is 0.0228. The van der Waals surface area contributed by atoms with Gasteiger partial charge in [0.1, 0.15) is 11.3 Å². The highest BCUT2D eigenvalue weighted by molar-refractivity contribution is 6.23. The molecule has 1 amide bonds. The van der Waals surface area contributed by atoms with Crippen molar-refractivity contribution in [1.29, 1.82) is 0 Å². The van der Waals surface area contributed by atoms with Crippen LogP contribution in [0.2, 0.25) is 0 Å². The molecule has 1 heterocycles. The van der Waals surface area contributed by atoms with E-state index >= 15 is 0 Å². The van der Waals surface area contributed by atoms with Crippen molar-refractivity contribution in [3.05, 3.63) is 40.6 Å². The molecule has 1 aliphatic heterocycles. The maximum Gasteiger partial charge on any atom is 0.282 e. The van der Waals surface area contributed by atoms with Crippen LogP contribution < -0.4 is 0 Å². The molecule has 1 aliphatic carbocycles. The number of carbonyl (C=O) groups excluding carboxylic acids is 1. The maximum atomic E-state index is 13.3. The van der Waals surface area contributed by atoms with Gasteiger partial charge >= 0.3 is 0 Å². The van der Waals surface area contributed by atoms with Gasteiger partial charge in [0, 0.05) is 13.7 Å². The average Bonchev–Trinajstić information content (AvgIpc) is 2.85. The Morgan fingerprint density at radius 2 is 1.85 bits per heavy atom. The molecule has 0 atom stereocenters. The number of amides is 1. The van der Waals surface area contributed by atoms with Crippen LogP contribution in [0.25, 0.3) is 5.57 Å². The molecule has 0 saturated heterocycles. The molecule has 1 fully saturated rings. The number of aryl methyl sites for hydroxylation is 2. The van der Waals surface area contributed by atoms with Crippen LogP contribution in [0.1, 0.15) is 49.3 Å². The van der Waals surface area contributed by atoms with Crippen molar-refractivity contribution in [2.24, 2.45) is 0 Å². The first-order valence-electron chi connectivity index (χ1n) is 9.54. The Hall–Kier alpha value is -1.89. The van der Waals surface area contributed by atoms with Gasteiger partial charge in [-0.2, -0.15) is 0 Å². The van der Waals surface area contributed by atoms with E-state index in [0.29, 0.717) is 25.0 Å². The third kappa shape index (κ3) is 3.37. The molecule has 0 bridgehead atoms. The standard InChI is InChI=1S/C21H29NO5/c1-5-26-13-27-22-20(24)18(17-14(2)7-6-8-15(17)3)19(23)21(22)11-9-16(25-4)10-12-21/h6-8,16,23H,5,9-13H2,1-4H3. The van der Waals surface area contributed by atoms with E-state index in [0.717, 1.165) is 29.5 Å². The monoisotopic (exact) mass is 375 g/mol. The third-order valence-electron chi connectivity index (χ3n) is 5.76. The summed E-state index contributed by atoms with van der Waals surface area (Å²) in [5.74, 6) is -0.198. The highest BCUT2D eigenvalue weighted by Gasteiger charge is 2.55. The highest BCUT2D eigenvalue weighted by atomic mass is 16.8. The summed E-state index contributed by atoms with van der Waals surface area (Å²) in [6.07, 6.45) is 2.81. The first-order valence-corrected chi connectivity index (χ1v) is 9.54. The van der Waals surface area contributed by atoms with Gasteiger partial charge in [-0.15, -0.1) is 0 Å². The number of rotatable bonds is 6. The lowest BCUT2D eigenvalue weighted by atomic mass is 9.78. The molecule has 1 aromatic rings. The number of hydrogen-bond acceptors (Lipinski definition) is 5. The number of aliphatic hydroxyl groups excluding tert-OH is 1. The molecule has 1 N–H and O–H groups in total. The summed E-state index contributed by atoms with van der Waals surface area (Å²) in [6, 6.07) is 5.86. The van der Waals surface area contributed by atoms with E-state index in [1.165, 1.54) is 5.06 Å². The predicted octanol–water partition coefficient (Wildman–Crippen LogP) is 3.67. The second-order valence-electron chi connectivity index (χ2n) is 7.30. The zero-order valence-corrected chi connectivity index (χ0v) is 16.6. The van der Waals surface area contributed by atoms with Crippen molar-refractivity contribution in [3.63, 3.8) is 0 Å². The fraction of sp³-hybridized carbons (Fsp3) is 0.571. The molecule has 1 saturated carbocycles. The third-order valence-corrected chi connectivity index (χ3v) is 5.76. The van der Waals surface area contributed by atoms with Crippen molar-refractivity contribution in [1.82, 2.24) is 5.06 Å². The lowest BCUT2D eigenvalue weighted by Gasteiger charge is -2.41. The zero-order chi connectivity index (χ0) is 19.6. The van der Waals surface area contributed by atoms with Gasteiger partial charge in [-0.1, -0.05) is 18.2 Å². The van der Waals surface area contributed by atoms with Crippen LogP contribution in [0.4, 0.5) is 0 Å². The molecule has 6 heteroatoms. The van der Waals surface area contributed by atoms with E-state index in [9.17, 15) is 9.90 Å². The van der Waals surface area contributed by atoms with Crippen LogP contribution in [-0.4, -0.2) is 48.2 Å². The lowest BCUT2D eigenvalue weighted by molar-refractivity contribution is -0.254. The van der Waals surface area contributed by atoms with Gasteiger partial charge in [-0.05, 0) is 63.1 Å². The number of aliphatic hydroxyl groups is 1. The normalized spacial score (nSPS) is 25.7. The topological polar surface area (TPSA) is 68.2 Å². The summed E-state index contributed by atoms with van der Waals surface area (Å²) < 4.78 is 10.8. The Morgan fingerprint density at radius 1 is 1.22 bits per heavy atom. The van der Waals surface area contributed by atoms with Crippen molar-refractivity contribution in [2.45, 2.75) is 58.1 Å². The van der Waals surface area contributed by atoms with Crippen molar-refractivity contribution in [3.8, 4) is 0 Å². The number of ether oxygens (including phenoxy) is 2. The molecule has 2 aliphatic rings. The highest BCUT2D eigenvalue weighted by Crippen LogP contribution is 2.48. The van der Waals surface area contributed by atoms with Gasteiger partial charge in [0.15, 0.2) is 6.79 Å². The van der Waals surface area contributed by atoms with Gasteiger partial charge in [0.2, 0.25) is 0 Å². The number of carbonyl (C=O) groups is 1. The number of hydroxylamine groups is 2. The lowest BCUT2D eigenvalue weighted by Crippen LogP contribution is -2.51. The van der Waals surface area contributed by atoms with Crippen molar-refractivity contribution >= 4 is 11.5 Å². The number of benzene rings is 1. The fourth-order valence-corrected chi connectivity index (χ4v) is 4.26. The van der Waals surface area contributed by atoms with Gasteiger partial charge < -0.3 is 14.6 Å². The van der Waals surface area contributed by atoms with E-state index in [4.69, 9.17) is 14.3 Å². The molecule has 6 nitrogen and oxygen atoms in total. The second-order valence-corrected chi connectivity index (χ2v) is 7.30. The first kappa shape index (κ1) is 19.9. The Kier molecular flexibility index (Phi) is 5.89. The molecule has 3 rings (SSSR count). The Balaban J connectivity index is 2.04. The molecule has 27 heavy (non-hydrogen) atoms. The molecule has 1 aromatic carbocycles. The zero-order valence-electron chi connectivity index (χ0n) is 16.6. The summed E-state index contributed by atoms with van der Waals surface area (Å²) >= 11 is 0. The van der Waals surface area contributed by atoms with Crippen LogP contribution in [0.5, 0.6) is 0 Å². The van der Waals surface area contributed by atoms with Gasteiger partial charge in [0.25, 0.3) is 5.91 Å². The van der Waals surface area contributed by atoms with Crippen LogP contribution in [0, 0.1) is 13.8 Å². The quantitative estimate of drug-likeness (QED) is 0.607. The second kappa shape index (κ2) is 8.00. The van der Waals surface area contributed by atoms with Crippen LogP contribution >= 0.6 is 0 Å². The Morgan fingerprint density at radius 3 is 2.41 bits per heavy atom. The first-order chi connectivity index (χ1) is 13.0. The van der Waals surface area contributed by atoms with E-state index < -0.39 is 5.54 Å². The average molecular weight is 375 g/mol. The number of hydrogen-bond donors (Lipinski definition) is 1. The maximum absolute atomic E-state index is 13.3. The summed E-state index contributed by atoms with van der Waals surface area (Å²) in [4.78, 5) is 19.1. The van der Waals surface area contributed by atoms with Gasteiger partial charge in [-0.25, -0.2) is 9.90 Å². The van der Waals surface area contributed by atoms with E-state index in [1.54, 1.807) is 7.11 Å². The van der Waals surface area contributed by atoms with E-state index in [-0.39, 0.29) is 24.6 Å². The minimum atomic E-state index is -0.854. The van der Waals surface area contributed by atoms with Crippen molar-refractivity contribution in [2.75, 3.05) is 20.5 Å². The van der Waals surface area contributed by atoms with Gasteiger partial charge in [0.05, 0.1) is 11.7 Å². The molecule has 0 unspecified atom stereocenters. The molecular formula is C21H29NO5. The van der Waals surface area contributed by atoms with Crippen LogP contribution in [0.3, 0.4) is 0 Å². The van der Waals surface area contributed by atoms with E-state index in [2.05, 4.69) is 0 Å². The fourth-order valence-electron chi connectivity index (χ4n) is 4.26. The number of methoxy groups -OCH3 is 1. The molecular weight excluding hydrogens is 346 g/mol. The minimum Gasteiger partial charge on any atom is -0.509 e. The predicted molar refractivity (Wildman–Crippen MR) is 102 cm³/mol. The summed E-state index contributed by atoms with van der Waals surface area (Å²) in [5.41, 5.74) is 2.19.